The predicted octanol–water partition coefficient (Wildman–Crippen LogP) is 20.8. The molecule has 0 aliphatic carbocycles. The van der Waals surface area contributed by atoms with Crippen LogP contribution in [-0.2, 0) is 4.79 Å². The summed E-state index contributed by atoms with van der Waals surface area (Å²) in [6.07, 6.45) is 77.7. The van der Waals surface area contributed by atoms with Gasteiger partial charge in [-0.25, -0.2) is 0 Å². The van der Waals surface area contributed by atoms with Gasteiger partial charge < -0.3 is 25.7 Å². The maximum absolute atomic E-state index is 12.6. The highest BCUT2D eigenvalue weighted by Crippen LogP contribution is 2.20. The second-order valence-electron chi connectivity index (χ2n) is 23.9. The van der Waals surface area contributed by atoms with E-state index >= 15 is 0 Å². The molecule has 0 rings (SSSR count). The number of carbonyl (C=O) groups is 1. The van der Waals surface area contributed by atoms with E-state index in [1.807, 2.05) is 0 Å². The van der Waals surface area contributed by atoms with E-state index in [4.69, 9.17) is 0 Å². The number of carbonyl (C=O) groups excluding carboxylic acids is 1. The van der Waals surface area contributed by atoms with E-state index in [1.54, 1.807) is 0 Å². The first-order chi connectivity index (χ1) is 36.5. The van der Waals surface area contributed by atoms with Gasteiger partial charge in [0.25, 0.3) is 0 Å². The van der Waals surface area contributed by atoms with Crippen molar-refractivity contribution in [3.05, 3.63) is 12.2 Å². The van der Waals surface area contributed by atoms with Crippen LogP contribution in [0.1, 0.15) is 386 Å². The Morgan fingerprint density at radius 1 is 0.324 bits per heavy atom. The Kier molecular flexibility index (Phi) is 62.1. The van der Waals surface area contributed by atoms with E-state index in [2.05, 4.69) is 31.3 Å². The lowest BCUT2D eigenvalue weighted by molar-refractivity contribution is -0.132. The highest BCUT2D eigenvalue weighted by Gasteiger charge is 2.28. The number of hydrogen-bond donors (Lipinski definition) is 5. The lowest BCUT2D eigenvalue weighted by Gasteiger charge is -2.27. The van der Waals surface area contributed by atoms with Gasteiger partial charge in [-0.15, -0.1) is 0 Å². The molecule has 6 nitrogen and oxygen atoms in total. The van der Waals surface area contributed by atoms with Gasteiger partial charge >= 0.3 is 0 Å². The highest BCUT2D eigenvalue weighted by molar-refractivity contribution is 5.80. The minimum Gasteiger partial charge on any atom is -0.394 e. The van der Waals surface area contributed by atoms with E-state index < -0.39 is 36.9 Å². The Hall–Kier alpha value is -0.950. The predicted molar refractivity (Wildman–Crippen MR) is 325 cm³/mol. The van der Waals surface area contributed by atoms with Crippen LogP contribution < -0.4 is 5.32 Å². The van der Waals surface area contributed by atoms with Crippen LogP contribution >= 0.6 is 0 Å². The number of rotatable bonds is 64. The number of hydrogen-bond acceptors (Lipinski definition) is 5. The molecule has 0 saturated carbocycles. The van der Waals surface area contributed by atoms with Crippen molar-refractivity contribution < 1.29 is 25.2 Å². The van der Waals surface area contributed by atoms with Crippen LogP contribution in [0.15, 0.2) is 12.2 Å². The zero-order valence-corrected chi connectivity index (χ0v) is 50.4. The first kappa shape index (κ1) is 73.0. The molecule has 0 spiro atoms. The number of aliphatic hydroxyl groups excluding tert-OH is 4. The maximum atomic E-state index is 12.6. The normalized spacial score (nSPS) is 13.5. The van der Waals surface area contributed by atoms with Crippen LogP contribution in [0.4, 0.5) is 0 Å². The summed E-state index contributed by atoms with van der Waals surface area (Å²) in [5.41, 5.74) is 0. The molecule has 0 saturated heterocycles. The number of nitrogens with one attached hydrogen (secondary N) is 1. The fraction of sp³-hybridized carbons (Fsp3) is 0.956. The third-order valence-corrected chi connectivity index (χ3v) is 16.5. The molecule has 0 aliphatic rings. The van der Waals surface area contributed by atoms with Crippen molar-refractivity contribution in [1.82, 2.24) is 5.32 Å². The lowest BCUT2D eigenvalue weighted by Crippen LogP contribution is -2.53. The molecular weight excluding hydrogens is 911 g/mol. The molecule has 1 amide bonds. The number of unbranched alkanes of at least 4 members (excludes halogenated alkanes) is 53. The Balaban J connectivity index is 3.55. The zero-order chi connectivity index (χ0) is 53.7. The molecule has 74 heavy (non-hydrogen) atoms. The molecule has 0 heterocycles. The molecule has 0 bridgehead atoms. The summed E-state index contributed by atoms with van der Waals surface area (Å²) in [6, 6.07) is -1.00. The molecule has 4 atom stereocenters. The Morgan fingerprint density at radius 2 is 0.554 bits per heavy atom. The van der Waals surface area contributed by atoms with E-state index in [0.29, 0.717) is 12.8 Å². The number of allylic oxidation sites excluding steroid dienone is 2. The molecule has 5 N–H and O–H groups in total. The molecule has 4 unspecified atom stereocenters. The quantitative estimate of drug-likeness (QED) is 0.0308. The Bertz CT molecular complexity index is 1080. The average molecular weight is 1050 g/mol. The summed E-state index contributed by atoms with van der Waals surface area (Å²) >= 11 is 0. The minimum absolute atomic E-state index is 0.369. The summed E-state index contributed by atoms with van der Waals surface area (Å²) in [6.45, 7) is 4.10. The lowest BCUT2D eigenvalue weighted by atomic mass is 10.00. The van der Waals surface area contributed by atoms with E-state index in [9.17, 15) is 25.2 Å². The monoisotopic (exact) mass is 1050 g/mol. The third-order valence-electron chi connectivity index (χ3n) is 16.5. The number of aliphatic hydroxyl groups is 4. The Morgan fingerprint density at radius 3 is 0.811 bits per heavy atom. The molecule has 0 aliphatic heterocycles. The highest BCUT2D eigenvalue weighted by atomic mass is 16.3. The van der Waals surface area contributed by atoms with Crippen molar-refractivity contribution in [1.29, 1.82) is 0 Å². The van der Waals surface area contributed by atoms with Crippen LogP contribution in [-0.4, -0.2) is 57.3 Å². The molecule has 0 fully saturated rings. The molecule has 0 aromatic heterocycles. The molecule has 6 heteroatoms. The Labute approximate surface area is 463 Å². The summed E-state index contributed by atoms with van der Waals surface area (Å²) in [5, 5.41) is 44.2. The van der Waals surface area contributed by atoms with Crippen LogP contribution in [0.3, 0.4) is 0 Å². The topological polar surface area (TPSA) is 110 Å². The SMILES string of the molecule is CCCCCCCCCCCCCCCCCCCCCCCCCCC/C=C/CCCC(O)C(O)C(CO)NC(=O)C(O)CCCCCCCCCCCCCCCCCCCCCCCCCCCCCC. The van der Waals surface area contributed by atoms with Gasteiger partial charge in [0.05, 0.1) is 18.8 Å². The van der Waals surface area contributed by atoms with Crippen molar-refractivity contribution in [3.63, 3.8) is 0 Å². The summed E-state index contributed by atoms with van der Waals surface area (Å²) in [4.78, 5) is 12.6. The third kappa shape index (κ3) is 55.8. The van der Waals surface area contributed by atoms with Crippen LogP contribution in [0.25, 0.3) is 0 Å². The van der Waals surface area contributed by atoms with Crippen molar-refractivity contribution in [2.24, 2.45) is 0 Å². The second kappa shape index (κ2) is 62.9. The van der Waals surface area contributed by atoms with Crippen molar-refractivity contribution in [2.45, 2.75) is 411 Å². The largest absolute Gasteiger partial charge is 0.394 e. The summed E-state index contributed by atoms with van der Waals surface area (Å²) in [5.74, 6) is -0.584. The summed E-state index contributed by atoms with van der Waals surface area (Å²) in [7, 11) is 0. The fourth-order valence-electron chi connectivity index (χ4n) is 11.2. The zero-order valence-electron chi connectivity index (χ0n) is 50.4. The standard InChI is InChI=1S/C68H135NO5/c1-3-5-7-9-11-13-15-17-19-21-23-25-27-29-31-33-34-36-37-39-41-43-45-47-49-51-53-55-57-59-61-65(71)67(73)64(63-70)69-68(74)66(72)62-60-58-56-54-52-50-48-46-44-42-40-38-35-32-30-28-26-24-22-20-18-16-14-12-10-8-6-4-2/h53,55,64-67,70-73H,3-52,54,56-63H2,1-2H3,(H,69,74)/b55-53+. The van der Waals surface area contributed by atoms with Crippen LogP contribution in [0, 0.1) is 0 Å². The maximum Gasteiger partial charge on any atom is 0.249 e. The first-order valence-electron chi connectivity index (χ1n) is 34.1. The summed E-state index contributed by atoms with van der Waals surface area (Å²) < 4.78 is 0. The van der Waals surface area contributed by atoms with Gasteiger partial charge in [-0.3, -0.25) is 4.79 Å². The molecule has 442 valence electrons. The fourth-order valence-corrected chi connectivity index (χ4v) is 11.2. The molecule has 0 aromatic carbocycles. The van der Waals surface area contributed by atoms with Crippen molar-refractivity contribution in [2.75, 3.05) is 6.61 Å². The second-order valence-corrected chi connectivity index (χ2v) is 23.9. The first-order valence-corrected chi connectivity index (χ1v) is 34.1. The van der Waals surface area contributed by atoms with Crippen LogP contribution in [0.2, 0.25) is 0 Å². The van der Waals surface area contributed by atoms with Gasteiger partial charge in [0.1, 0.15) is 12.2 Å². The van der Waals surface area contributed by atoms with Gasteiger partial charge in [-0.1, -0.05) is 360 Å². The van der Waals surface area contributed by atoms with Gasteiger partial charge in [-0.2, -0.15) is 0 Å². The van der Waals surface area contributed by atoms with E-state index in [1.165, 1.54) is 321 Å². The smallest absolute Gasteiger partial charge is 0.249 e. The average Bonchev–Trinajstić information content (AvgIpc) is 3.41. The van der Waals surface area contributed by atoms with Gasteiger partial charge in [0.2, 0.25) is 5.91 Å². The van der Waals surface area contributed by atoms with Crippen LogP contribution in [0.5, 0.6) is 0 Å². The molecule has 0 radical (unpaired) electrons. The number of amides is 1. The van der Waals surface area contributed by atoms with Crippen molar-refractivity contribution in [3.8, 4) is 0 Å². The van der Waals surface area contributed by atoms with E-state index in [-0.39, 0.29) is 0 Å². The van der Waals surface area contributed by atoms with Gasteiger partial charge in [-0.05, 0) is 38.5 Å². The molecular formula is C68H135NO5. The van der Waals surface area contributed by atoms with Gasteiger partial charge in [0, 0.05) is 0 Å². The van der Waals surface area contributed by atoms with Gasteiger partial charge in [0.15, 0.2) is 0 Å². The van der Waals surface area contributed by atoms with E-state index in [0.717, 1.165) is 38.5 Å². The van der Waals surface area contributed by atoms with Crippen molar-refractivity contribution >= 4 is 5.91 Å². The molecule has 0 aromatic rings. The minimum atomic E-state index is -1.28.